The van der Waals surface area contributed by atoms with Crippen LogP contribution in [0.4, 0.5) is 0 Å². The van der Waals surface area contributed by atoms with Gasteiger partial charge >= 0.3 is 5.97 Å². The molecule has 3 unspecified atom stereocenters. The molecular weight excluding hydrogens is 414 g/mol. The van der Waals surface area contributed by atoms with Gasteiger partial charge in [0.15, 0.2) is 18.7 Å². The lowest BCUT2D eigenvalue weighted by molar-refractivity contribution is -0.346. The Morgan fingerprint density at radius 3 is 2.34 bits per heavy atom. The zero-order valence-electron chi connectivity index (χ0n) is 18.0. The van der Waals surface area contributed by atoms with Crippen LogP contribution in [0.15, 0.2) is 60.7 Å². The van der Waals surface area contributed by atoms with Crippen LogP contribution in [0.25, 0.3) is 0 Å². The SMILES string of the molecule is CC(=O)N[C@@H]1C(OC(C)=O)[C@H]2OC(c3ccccc3)OCC2O[C@@H]1OCc1ccccc1. The van der Waals surface area contributed by atoms with Gasteiger partial charge < -0.3 is 29.0 Å². The maximum Gasteiger partial charge on any atom is 0.303 e. The summed E-state index contributed by atoms with van der Waals surface area (Å²) in [4.78, 5) is 23.9. The number of benzene rings is 2. The monoisotopic (exact) mass is 441 g/mol. The van der Waals surface area contributed by atoms with Crippen molar-refractivity contribution in [1.82, 2.24) is 5.32 Å². The van der Waals surface area contributed by atoms with E-state index in [4.69, 9.17) is 23.7 Å². The molecular formula is C24H27NO7. The van der Waals surface area contributed by atoms with Crippen LogP contribution in [0, 0.1) is 0 Å². The molecule has 0 aliphatic carbocycles. The van der Waals surface area contributed by atoms with E-state index in [0.29, 0.717) is 0 Å². The van der Waals surface area contributed by atoms with Gasteiger partial charge in [-0.15, -0.1) is 0 Å². The number of hydrogen-bond acceptors (Lipinski definition) is 7. The van der Waals surface area contributed by atoms with E-state index in [9.17, 15) is 9.59 Å². The summed E-state index contributed by atoms with van der Waals surface area (Å²) in [6, 6.07) is 18.3. The predicted octanol–water partition coefficient (Wildman–Crippen LogP) is 2.48. The molecule has 2 saturated heterocycles. The molecule has 2 aliphatic rings. The van der Waals surface area contributed by atoms with E-state index in [1.54, 1.807) is 0 Å². The van der Waals surface area contributed by atoms with Crippen LogP contribution in [0.2, 0.25) is 0 Å². The molecule has 8 heteroatoms. The molecule has 1 amide bonds. The number of esters is 1. The average Bonchev–Trinajstić information content (AvgIpc) is 2.80. The normalized spacial score (nSPS) is 29.6. The number of ether oxygens (including phenoxy) is 5. The Labute approximate surface area is 186 Å². The van der Waals surface area contributed by atoms with Crippen molar-refractivity contribution in [1.29, 1.82) is 0 Å². The maximum absolute atomic E-state index is 12.0. The molecule has 0 saturated carbocycles. The van der Waals surface area contributed by atoms with Crippen LogP contribution < -0.4 is 5.32 Å². The molecule has 0 radical (unpaired) electrons. The first-order chi connectivity index (χ1) is 15.5. The second-order valence-corrected chi connectivity index (χ2v) is 7.82. The maximum atomic E-state index is 12.0. The van der Waals surface area contributed by atoms with Crippen molar-refractivity contribution in [2.45, 2.75) is 57.4 Å². The number of hydrogen-bond donors (Lipinski definition) is 1. The molecule has 6 atom stereocenters. The molecule has 0 bridgehead atoms. The minimum atomic E-state index is -0.856. The van der Waals surface area contributed by atoms with Crippen molar-refractivity contribution in [3.63, 3.8) is 0 Å². The van der Waals surface area contributed by atoms with Gasteiger partial charge in [-0.2, -0.15) is 0 Å². The van der Waals surface area contributed by atoms with E-state index in [2.05, 4.69) is 5.32 Å². The number of rotatable bonds is 6. The molecule has 0 aromatic heterocycles. The summed E-state index contributed by atoms with van der Waals surface area (Å²) in [7, 11) is 0. The van der Waals surface area contributed by atoms with Gasteiger partial charge in [0.05, 0.1) is 13.2 Å². The van der Waals surface area contributed by atoms with Crippen LogP contribution in [0.3, 0.4) is 0 Å². The number of carbonyl (C=O) groups is 2. The van der Waals surface area contributed by atoms with Crippen LogP contribution in [-0.4, -0.2) is 49.1 Å². The lowest BCUT2D eigenvalue weighted by atomic mass is 9.95. The zero-order chi connectivity index (χ0) is 22.5. The van der Waals surface area contributed by atoms with Gasteiger partial charge in [0, 0.05) is 19.4 Å². The highest BCUT2D eigenvalue weighted by Crippen LogP contribution is 2.36. The van der Waals surface area contributed by atoms with Gasteiger partial charge in [0.25, 0.3) is 0 Å². The van der Waals surface area contributed by atoms with Crippen molar-refractivity contribution >= 4 is 11.9 Å². The summed E-state index contributed by atoms with van der Waals surface area (Å²) >= 11 is 0. The lowest BCUT2D eigenvalue weighted by Crippen LogP contribution is -2.67. The van der Waals surface area contributed by atoms with Gasteiger partial charge in [0.1, 0.15) is 18.2 Å². The fourth-order valence-electron chi connectivity index (χ4n) is 3.97. The summed E-state index contributed by atoms with van der Waals surface area (Å²) < 4.78 is 29.9. The third-order valence-electron chi connectivity index (χ3n) is 5.34. The smallest absolute Gasteiger partial charge is 0.303 e. The molecule has 170 valence electrons. The number of carbonyl (C=O) groups excluding carboxylic acids is 2. The van der Waals surface area contributed by atoms with Gasteiger partial charge in [-0.1, -0.05) is 60.7 Å². The Bertz CT molecular complexity index is 907. The Morgan fingerprint density at radius 2 is 1.69 bits per heavy atom. The van der Waals surface area contributed by atoms with Crippen molar-refractivity contribution in [3.8, 4) is 0 Å². The Hall–Kier alpha value is -2.78. The first-order valence-corrected chi connectivity index (χ1v) is 10.6. The van der Waals surface area contributed by atoms with Crippen LogP contribution >= 0.6 is 0 Å². The van der Waals surface area contributed by atoms with Crippen molar-refractivity contribution in [2.24, 2.45) is 0 Å². The molecule has 1 N–H and O–H groups in total. The quantitative estimate of drug-likeness (QED) is 0.689. The molecule has 2 heterocycles. The molecule has 2 aromatic carbocycles. The average molecular weight is 441 g/mol. The van der Waals surface area contributed by atoms with Gasteiger partial charge in [-0.3, -0.25) is 9.59 Å². The number of fused-ring (bicyclic) bond motifs is 1. The lowest BCUT2D eigenvalue weighted by Gasteiger charge is -2.48. The van der Waals surface area contributed by atoms with E-state index in [1.165, 1.54) is 13.8 Å². The van der Waals surface area contributed by atoms with Gasteiger partial charge in [-0.25, -0.2) is 0 Å². The Balaban J connectivity index is 1.57. The number of nitrogens with one attached hydrogen (secondary N) is 1. The fourth-order valence-corrected chi connectivity index (χ4v) is 3.97. The van der Waals surface area contributed by atoms with Gasteiger partial charge in [-0.05, 0) is 5.56 Å². The molecule has 2 aliphatic heterocycles. The van der Waals surface area contributed by atoms with E-state index >= 15 is 0 Å². The summed E-state index contributed by atoms with van der Waals surface area (Å²) in [5.74, 6) is -0.784. The predicted molar refractivity (Wildman–Crippen MR) is 113 cm³/mol. The standard InChI is InChI=1S/C24H27NO7/c1-15(26)25-20-22(30-16(2)27)21-19(14-29-23(32-21)18-11-7-4-8-12-18)31-24(20)28-13-17-9-5-3-6-10-17/h3-12,19-24H,13-14H2,1-2H3,(H,25,26)/t19?,20-,21+,22?,23?,24+/m1/s1. The summed E-state index contributed by atoms with van der Waals surface area (Å²) in [6.07, 6.45) is -3.49. The molecule has 2 aromatic rings. The third kappa shape index (κ3) is 5.34. The summed E-state index contributed by atoms with van der Waals surface area (Å²) in [5.41, 5.74) is 1.79. The largest absolute Gasteiger partial charge is 0.457 e. The molecule has 4 rings (SSSR count). The van der Waals surface area contributed by atoms with Crippen molar-refractivity contribution in [2.75, 3.05) is 6.61 Å². The Morgan fingerprint density at radius 1 is 1.00 bits per heavy atom. The first-order valence-electron chi connectivity index (χ1n) is 10.6. The highest BCUT2D eigenvalue weighted by molar-refractivity contribution is 5.73. The summed E-state index contributed by atoms with van der Waals surface area (Å²) in [5, 5.41) is 2.82. The highest BCUT2D eigenvalue weighted by Gasteiger charge is 2.52. The molecule has 32 heavy (non-hydrogen) atoms. The second kappa shape index (κ2) is 10.2. The van der Waals surface area contributed by atoms with E-state index < -0.39 is 42.9 Å². The third-order valence-corrected chi connectivity index (χ3v) is 5.34. The van der Waals surface area contributed by atoms with E-state index in [1.807, 2.05) is 60.7 Å². The number of amides is 1. The Kier molecular flexibility index (Phi) is 7.16. The molecule has 8 nitrogen and oxygen atoms in total. The van der Waals surface area contributed by atoms with E-state index in [-0.39, 0.29) is 19.1 Å². The second-order valence-electron chi connectivity index (χ2n) is 7.82. The van der Waals surface area contributed by atoms with Crippen LogP contribution in [0.5, 0.6) is 0 Å². The highest BCUT2D eigenvalue weighted by atomic mass is 16.8. The summed E-state index contributed by atoms with van der Waals surface area (Å²) in [6.45, 7) is 3.20. The molecule has 2 fully saturated rings. The van der Waals surface area contributed by atoms with E-state index in [0.717, 1.165) is 11.1 Å². The van der Waals surface area contributed by atoms with Crippen LogP contribution in [-0.2, 0) is 39.9 Å². The topological polar surface area (TPSA) is 92.3 Å². The van der Waals surface area contributed by atoms with Crippen LogP contribution in [0.1, 0.15) is 31.3 Å². The minimum absolute atomic E-state index is 0.222. The minimum Gasteiger partial charge on any atom is -0.457 e. The fraction of sp³-hybridized carbons (Fsp3) is 0.417. The first kappa shape index (κ1) is 22.4. The van der Waals surface area contributed by atoms with Crippen molar-refractivity contribution in [3.05, 3.63) is 71.8 Å². The van der Waals surface area contributed by atoms with Gasteiger partial charge in [0.2, 0.25) is 5.91 Å². The van der Waals surface area contributed by atoms with Crippen molar-refractivity contribution < 1.29 is 33.3 Å². The molecule has 0 spiro atoms. The zero-order valence-corrected chi connectivity index (χ0v) is 18.0.